The summed E-state index contributed by atoms with van der Waals surface area (Å²) >= 11 is 0. The van der Waals surface area contributed by atoms with Crippen LogP contribution in [0.2, 0.25) is 0 Å². The topological polar surface area (TPSA) is 84.2 Å². The maximum Gasteiger partial charge on any atom is 0.175 e. The first-order chi connectivity index (χ1) is 2.94. The average molecular weight is 122 g/mol. The van der Waals surface area contributed by atoms with E-state index in [2.05, 4.69) is 0 Å². The molecule has 0 aromatic rings. The largest absolute Gasteiger partial charge is 0.774 e. The molecule has 0 fully saturated rings. The molecule has 0 aliphatic carbocycles. The highest BCUT2D eigenvalue weighted by atomic mass is 31.2. The van der Waals surface area contributed by atoms with E-state index in [-0.39, 0.29) is 0 Å². The number of rotatable bonds is 1. The van der Waals surface area contributed by atoms with Crippen LogP contribution in [0.3, 0.4) is 0 Å². The lowest BCUT2D eigenvalue weighted by Gasteiger charge is -2.11. The lowest BCUT2D eigenvalue weighted by Crippen LogP contribution is -2.05. The van der Waals surface area contributed by atoms with E-state index in [1.165, 1.54) is 0 Å². The molecule has 0 saturated carbocycles. The van der Waals surface area contributed by atoms with E-state index < -0.39 is 13.0 Å². The predicted molar refractivity (Wildman–Crippen MR) is 23.2 cm³/mol. The third-order valence-corrected chi connectivity index (χ3v) is 1.27. The van der Waals surface area contributed by atoms with Crippen LogP contribution in [0.15, 0.2) is 0 Å². The van der Waals surface area contributed by atoms with Crippen molar-refractivity contribution in [1.82, 2.24) is 0 Å². The van der Waals surface area contributed by atoms with E-state index in [1.807, 2.05) is 0 Å². The van der Waals surface area contributed by atoms with Crippen LogP contribution in [0.5, 0.6) is 0 Å². The van der Waals surface area contributed by atoms with Gasteiger partial charge >= 0.3 is 0 Å². The van der Waals surface area contributed by atoms with Crippen molar-refractivity contribution in [3.63, 3.8) is 0 Å². The molecule has 1 atom stereocenters. The molecule has 0 heterocycles. The summed E-state index contributed by atoms with van der Waals surface area (Å²) in [5.74, 6) is 0. The van der Waals surface area contributed by atoms with Crippen molar-refractivity contribution in [3.05, 3.63) is 0 Å². The maximum absolute atomic E-state index is 9.69. The van der Waals surface area contributed by atoms with Gasteiger partial charge in [0.15, 0.2) is 7.60 Å². The van der Waals surface area contributed by atoms with E-state index in [9.17, 15) is 9.46 Å². The first kappa shape index (κ1) is 6.82. The van der Waals surface area contributed by atoms with Crippen molar-refractivity contribution in [3.8, 4) is 0 Å². The van der Waals surface area contributed by atoms with Gasteiger partial charge in [-0.1, -0.05) is 0 Å². The van der Waals surface area contributed by atoms with Gasteiger partial charge in [-0.15, -0.1) is 0 Å². The first-order valence-corrected chi connectivity index (χ1v) is 3.12. The lowest BCUT2D eigenvalue weighted by molar-refractivity contribution is -0.187. The molecule has 7 heavy (non-hydrogen) atoms. The molecule has 0 aromatic carbocycles. The van der Waals surface area contributed by atoms with Crippen molar-refractivity contribution >= 4 is 13.0 Å². The van der Waals surface area contributed by atoms with Crippen molar-refractivity contribution in [2.24, 2.45) is 0 Å². The smallest absolute Gasteiger partial charge is 0.175 e. The van der Waals surface area contributed by atoms with Crippen LogP contribution in [0, 0.1) is 5.41 Å². The van der Waals surface area contributed by atoms with Gasteiger partial charge in [-0.05, 0) is 6.92 Å². The fourth-order valence-corrected chi connectivity index (χ4v) is 0. The Morgan fingerprint density at radius 1 is 2.00 bits per heavy atom. The molecular weight excluding hydrogens is 117 g/mol. The summed E-state index contributed by atoms with van der Waals surface area (Å²) in [5.41, 5.74) is -0.701. The molecule has 5 heteroatoms. The van der Waals surface area contributed by atoms with Gasteiger partial charge in [0, 0.05) is 0 Å². The Morgan fingerprint density at radius 3 is 2.14 bits per heavy atom. The molecule has 4 nitrogen and oxygen atoms in total. The van der Waals surface area contributed by atoms with Gasteiger partial charge in [-0.25, -0.2) is 0 Å². The summed E-state index contributed by atoms with van der Waals surface area (Å²) in [6.07, 6.45) is 0. The fourth-order valence-electron chi connectivity index (χ4n) is 0. The Labute approximate surface area is 40.8 Å². The number of nitrogens with one attached hydrogen (secondary N) is 1. The maximum atomic E-state index is 9.69. The molecule has 0 amide bonds. The minimum absolute atomic E-state index is 0.701. The van der Waals surface area contributed by atoms with Crippen molar-refractivity contribution < 1.29 is 14.4 Å². The Morgan fingerprint density at radius 2 is 2.14 bits per heavy atom. The minimum atomic E-state index is -4.40. The monoisotopic (exact) mass is 122 g/mol. The summed E-state index contributed by atoms with van der Waals surface area (Å²) in [5, 5.41) is 6.32. The highest BCUT2D eigenvalue weighted by Crippen LogP contribution is 2.28. The summed E-state index contributed by atoms with van der Waals surface area (Å²) in [4.78, 5) is 17.6. The summed E-state index contributed by atoms with van der Waals surface area (Å²) in [7, 11) is -4.40. The second-order valence-corrected chi connectivity index (χ2v) is 2.82. The van der Waals surface area contributed by atoms with E-state index in [1.54, 1.807) is 0 Å². The zero-order chi connectivity index (χ0) is 6.08. The molecule has 0 aliphatic heterocycles. The van der Waals surface area contributed by atoms with Gasteiger partial charge in [0.25, 0.3) is 0 Å². The summed E-state index contributed by atoms with van der Waals surface area (Å²) in [6.45, 7) is 1.01. The van der Waals surface area contributed by atoms with E-state index in [0.29, 0.717) is 0 Å². The van der Waals surface area contributed by atoms with Crippen molar-refractivity contribution in [2.75, 3.05) is 0 Å². The highest BCUT2D eigenvalue weighted by molar-refractivity contribution is 7.68. The van der Waals surface area contributed by atoms with Crippen LogP contribution in [0.4, 0.5) is 0 Å². The molecule has 1 unspecified atom stereocenters. The van der Waals surface area contributed by atoms with Gasteiger partial charge in [0.05, 0.1) is 5.45 Å². The Hall–Kier alpha value is -0.180. The quantitative estimate of drug-likeness (QED) is 0.364. The predicted octanol–water partition coefficient (Wildman–Crippen LogP) is -0.471. The molecular formula is C2H5NO3P-. The fraction of sp³-hybridized carbons (Fsp3) is 0.500. The highest BCUT2D eigenvalue weighted by Gasteiger charge is 2.00. The van der Waals surface area contributed by atoms with Gasteiger partial charge in [0.1, 0.15) is 0 Å². The minimum Gasteiger partial charge on any atom is -0.774 e. The van der Waals surface area contributed by atoms with Crippen molar-refractivity contribution in [1.29, 1.82) is 5.41 Å². The standard InChI is InChI=1S/C2H6NO3P/c1-2(3)7(4,5)6/h3H,1H3,(H2,4,5,6)/p-1. The molecule has 0 radical (unpaired) electrons. The van der Waals surface area contributed by atoms with Crippen LogP contribution in [-0.4, -0.2) is 10.3 Å². The molecule has 0 bridgehead atoms. The van der Waals surface area contributed by atoms with Crippen LogP contribution in [-0.2, 0) is 4.57 Å². The first-order valence-electron chi connectivity index (χ1n) is 1.54. The van der Waals surface area contributed by atoms with Gasteiger partial charge < -0.3 is 19.8 Å². The zero-order valence-electron chi connectivity index (χ0n) is 3.71. The van der Waals surface area contributed by atoms with Crippen LogP contribution >= 0.6 is 7.60 Å². The average Bonchev–Trinajstić information content (AvgIpc) is 1.31. The third-order valence-electron chi connectivity index (χ3n) is 0.424. The third kappa shape index (κ3) is 2.51. The molecule has 0 spiro atoms. The summed E-state index contributed by atoms with van der Waals surface area (Å²) in [6, 6.07) is 0. The van der Waals surface area contributed by atoms with E-state index >= 15 is 0 Å². The van der Waals surface area contributed by atoms with Gasteiger partial charge in [-0.3, -0.25) is 0 Å². The van der Waals surface area contributed by atoms with Crippen LogP contribution < -0.4 is 4.89 Å². The Balaban J connectivity index is 4.09. The molecule has 0 aromatic heterocycles. The van der Waals surface area contributed by atoms with E-state index in [4.69, 9.17) is 10.3 Å². The SMILES string of the molecule is CC(=N)P(=O)([O-])O. The Kier molecular flexibility index (Phi) is 1.69. The Bertz CT molecular complexity index is 125. The van der Waals surface area contributed by atoms with Gasteiger partial charge in [-0.2, -0.15) is 0 Å². The lowest BCUT2D eigenvalue weighted by atomic mass is 10.9. The second-order valence-electron chi connectivity index (χ2n) is 1.11. The number of hydrogen-bond donors (Lipinski definition) is 2. The van der Waals surface area contributed by atoms with E-state index in [0.717, 1.165) is 6.92 Å². The normalized spacial score (nSPS) is 18.1. The number of hydrogen-bond acceptors (Lipinski definition) is 3. The zero-order valence-corrected chi connectivity index (χ0v) is 4.61. The molecule has 2 N–H and O–H groups in total. The summed E-state index contributed by atoms with van der Waals surface area (Å²) < 4.78 is 9.69. The van der Waals surface area contributed by atoms with Crippen LogP contribution in [0.1, 0.15) is 6.92 Å². The van der Waals surface area contributed by atoms with Crippen molar-refractivity contribution in [2.45, 2.75) is 6.92 Å². The molecule has 42 valence electrons. The van der Waals surface area contributed by atoms with Gasteiger partial charge in [0.2, 0.25) is 0 Å². The molecule has 0 aliphatic rings. The molecule has 0 saturated heterocycles. The molecule has 0 rings (SSSR count). The second kappa shape index (κ2) is 1.74. The van der Waals surface area contributed by atoms with Crippen LogP contribution in [0.25, 0.3) is 0 Å².